The van der Waals surface area contributed by atoms with Crippen LogP contribution in [0.5, 0.6) is 5.75 Å². The minimum Gasteiger partial charge on any atom is -0.495 e. The molecular weight excluding hydrogens is 350 g/mol. The third-order valence-electron chi connectivity index (χ3n) is 4.45. The number of hydrogen-bond donors (Lipinski definition) is 1. The van der Waals surface area contributed by atoms with Crippen molar-refractivity contribution >= 4 is 34.2 Å². The first-order valence-electron chi connectivity index (χ1n) is 8.53. The number of benzene rings is 2. The van der Waals surface area contributed by atoms with E-state index in [1.807, 2.05) is 6.07 Å². The molecule has 0 aliphatic carbocycles. The molecule has 5 heteroatoms. The molecule has 0 bridgehead atoms. The SMILES string of the molecule is COc1ccc(NC(=O)Cc2coc3cc(C)c(C(C)C)cc23)cc1Cl. The summed E-state index contributed by atoms with van der Waals surface area (Å²) in [6, 6.07) is 9.33. The molecule has 0 radical (unpaired) electrons. The van der Waals surface area contributed by atoms with Gasteiger partial charge in [0, 0.05) is 16.6 Å². The highest BCUT2D eigenvalue weighted by atomic mass is 35.5. The van der Waals surface area contributed by atoms with Crippen LogP contribution in [-0.4, -0.2) is 13.0 Å². The number of aryl methyl sites for hydroxylation is 1. The number of halogens is 1. The van der Waals surface area contributed by atoms with Crippen LogP contribution in [0.3, 0.4) is 0 Å². The first-order chi connectivity index (χ1) is 12.4. The van der Waals surface area contributed by atoms with Gasteiger partial charge in [-0.2, -0.15) is 0 Å². The number of ether oxygens (including phenoxy) is 1. The Balaban J connectivity index is 1.81. The summed E-state index contributed by atoms with van der Waals surface area (Å²) in [6.45, 7) is 6.40. The number of rotatable bonds is 5. The molecular formula is C21H22ClNO3. The molecule has 2 aromatic carbocycles. The van der Waals surface area contributed by atoms with Crippen molar-refractivity contribution in [3.05, 3.63) is 58.3 Å². The number of carbonyl (C=O) groups excluding carboxylic acids is 1. The Morgan fingerprint density at radius 2 is 2.04 bits per heavy atom. The van der Waals surface area contributed by atoms with Gasteiger partial charge in [0.15, 0.2) is 0 Å². The monoisotopic (exact) mass is 371 g/mol. The van der Waals surface area contributed by atoms with Gasteiger partial charge in [-0.3, -0.25) is 4.79 Å². The molecule has 1 aromatic heterocycles. The van der Waals surface area contributed by atoms with Gasteiger partial charge in [-0.15, -0.1) is 0 Å². The second-order valence-corrected chi connectivity index (χ2v) is 7.10. The van der Waals surface area contributed by atoms with Crippen LogP contribution in [0.15, 0.2) is 41.0 Å². The molecule has 4 nitrogen and oxygen atoms in total. The number of fused-ring (bicyclic) bond motifs is 1. The predicted octanol–water partition coefficient (Wildman–Crippen LogP) is 5.71. The zero-order valence-electron chi connectivity index (χ0n) is 15.4. The normalized spacial score (nSPS) is 11.2. The Morgan fingerprint density at radius 3 is 2.69 bits per heavy atom. The van der Waals surface area contributed by atoms with Gasteiger partial charge in [0.25, 0.3) is 0 Å². The number of methoxy groups -OCH3 is 1. The summed E-state index contributed by atoms with van der Waals surface area (Å²) in [6.07, 6.45) is 1.89. The smallest absolute Gasteiger partial charge is 0.228 e. The molecule has 0 fully saturated rings. The fourth-order valence-corrected chi connectivity index (χ4v) is 3.38. The third-order valence-corrected chi connectivity index (χ3v) is 4.75. The first-order valence-corrected chi connectivity index (χ1v) is 8.91. The lowest BCUT2D eigenvalue weighted by atomic mass is 9.95. The maximum Gasteiger partial charge on any atom is 0.228 e. The largest absolute Gasteiger partial charge is 0.495 e. The lowest BCUT2D eigenvalue weighted by molar-refractivity contribution is -0.115. The lowest BCUT2D eigenvalue weighted by Crippen LogP contribution is -2.14. The summed E-state index contributed by atoms with van der Waals surface area (Å²) in [5.74, 6) is 0.861. The molecule has 1 N–H and O–H groups in total. The van der Waals surface area contributed by atoms with Crippen LogP contribution in [0.4, 0.5) is 5.69 Å². The molecule has 0 saturated heterocycles. The second kappa shape index (κ2) is 7.42. The number of anilines is 1. The fourth-order valence-electron chi connectivity index (χ4n) is 3.13. The highest BCUT2D eigenvalue weighted by Crippen LogP contribution is 2.30. The summed E-state index contributed by atoms with van der Waals surface area (Å²) in [7, 11) is 1.55. The molecule has 0 saturated carbocycles. The van der Waals surface area contributed by atoms with Crippen LogP contribution in [0.1, 0.15) is 36.5 Å². The highest BCUT2D eigenvalue weighted by molar-refractivity contribution is 6.32. The number of amides is 1. The second-order valence-electron chi connectivity index (χ2n) is 6.69. The van der Waals surface area contributed by atoms with Crippen LogP contribution in [0.25, 0.3) is 11.0 Å². The molecule has 3 aromatic rings. The van der Waals surface area contributed by atoms with Crippen LogP contribution in [-0.2, 0) is 11.2 Å². The molecule has 0 aliphatic heterocycles. The van der Waals surface area contributed by atoms with Crippen molar-refractivity contribution in [1.82, 2.24) is 0 Å². The molecule has 0 spiro atoms. The Hall–Kier alpha value is -2.46. The van der Waals surface area contributed by atoms with Crippen molar-refractivity contribution in [3.8, 4) is 5.75 Å². The maximum absolute atomic E-state index is 12.4. The number of nitrogens with one attached hydrogen (secondary N) is 1. The molecule has 0 aliphatic rings. The summed E-state index contributed by atoms with van der Waals surface area (Å²) in [5, 5.41) is 4.31. The summed E-state index contributed by atoms with van der Waals surface area (Å²) in [4.78, 5) is 12.4. The van der Waals surface area contributed by atoms with E-state index in [0.29, 0.717) is 22.4 Å². The van der Waals surface area contributed by atoms with Crippen LogP contribution < -0.4 is 10.1 Å². The maximum atomic E-state index is 12.4. The lowest BCUT2D eigenvalue weighted by Gasteiger charge is -2.10. The first kappa shape index (κ1) is 18.3. The van der Waals surface area contributed by atoms with E-state index in [1.54, 1.807) is 31.6 Å². The van der Waals surface area contributed by atoms with Gasteiger partial charge in [-0.1, -0.05) is 25.4 Å². The van der Waals surface area contributed by atoms with Crippen LogP contribution >= 0.6 is 11.6 Å². The van der Waals surface area contributed by atoms with Gasteiger partial charge in [0.2, 0.25) is 5.91 Å². The van der Waals surface area contributed by atoms with Crippen molar-refractivity contribution in [2.45, 2.75) is 33.1 Å². The molecule has 1 heterocycles. The average Bonchev–Trinajstić information content (AvgIpc) is 2.95. The fraction of sp³-hybridized carbons (Fsp3) is 0.286. The Labute approximate surface area is 158 Å². The Bertz CT molecular complexity index is 959. The topological polar surface area (TPSA) is 51.5 Å². The van der Waals surface area contributed by atoms with Gasteiger partial charge >= 0.3 is 0 Å². The van der Waals surface area contributed by atoms with Crippen molar-refractivity contribution in [3.63, 3.8) is 0 Å². The number of carbonyl (C=O) groups is 1. The summed E-state index contributed by atoms with van der Waals surface area (Å²) in [5.41, 5.74) is 4.78. The quantitative estimate of drug-likeness (QED) is 0.625. The Morgan fingerprint density at radius 1 is 1.27 bits per heavy atom. The van der Waals surface area contributed by atoms with E-state index in [2.05, 4.69) is 32.2 Å². The van der Waals surface area contributed by atoms with Crippen LogP contribution in [0.2, 0.25) is 5.02 Å². The van der Waals surface area contributed by atoms with E-state index >= 15 is 0 Å². The van der Waals surface area contributed by atoms with Gasteiger partial charge in [0.05, 0.1) is 24.8 Å². The van der Waals surface area contributed by atoms with Crippen molar-refractivity contribution in [2.75, 3.05) is 12.4 Å². The third kappa shape index (κ3) is 3.70. The highest BCUT2D eigenvalue weighted by Gasteiger charge is 2.14. The van der Waals surface area contributed by atoms with E-state index in [-0.39, 0.29) is 12.3 Å². The van der Waals surface area contributed by atoms with Crippen LogP contribution in [0, 0.1) is 6.92 Å². The molecule has 136 valence electrons. The molecule has 26 heavy (non-hydrogen) atoms. The molecule has 0 atom stereocenters. The van der Waals surface area contributed by atoms with E-state index in [9.17, 15) is 4.79 Å². The van der Waals surface area contributed by atoms with E-state index in [1.165, 1.54) is 11.1 Å². The zero-order valence-corrected chi connectivity index (χ0v) is 16.1. The molecule has 1 amide bonds. The number of furan rings is 1. The van der Waals surface area contributed by atoms with Gasteiger partial charge in [0.1, 0.15) is 11.3 Å². The Kier molecular flexibility index (Phi) is 5.23. The standard InChI is InChI=1S/C21H22ClNO3/c1-12(2)16-10-17-14(11-26-20(17)7-13(16)3)8-21(24)23-15-5-6-19(25-4)18(22)9-15/h5-7,9-12H,8H2,1-4H3,(H,23,24). The van der Waals surface area contributed by atoms with Gasteiger partial charge in [-0.05, 0) is 54.3 Å². The van der Waals surface area contributed by atoms with E-state index < -0.39 is 0 Å². The van der Waals surface area contributed by atoms with Crippen molar-refractivity contribution in [2.24, 2.45) is 0 Å². The zero-order chi connectivity index (χ0) is 18.8. The molecule has 0 unspecified atom stereocenters. The van der Waals surface area contributed by atoms with Gasteiger partial charge < -0.3 is 14.5 Å². The minimum atomic E-state index is -0.124. The summed E-state index contributed by atoms with van der Waals surface area (Å²) < 4.78 is 10.8. The number of hydrogen-bond acceptors (Lipinski definition) is 3. The van der Waals surface area contributed by atoms with E-state index in [4.69, 9.17) is 20.8 Å². The van der Waals surface area contributed by atoms with Crippen molar-refractivity contribution in [1.29, 1.82) is 0 Å². The minimum absolute atomic E-state index is 0.124. The summed E-state index contributed by atoms with van der Waals surface area (Å²) >= 11 is 6.10. The van der Waals surface area contributed by atoms with Gasteiger partial charge in [-0.25, -0.2) is 0 Å². The van der Waals surface area contributed by atoms with Crippen molar-refractivity contribution < 1.29 is 13.9 Å². The average molecular weight is 372 g/mol. The molecule has 3 rings (SSSR count). The predicted molar refractivity (Wildman–Crippen MR) is 105 cm³/mol. The van der Waals surface area contributed by atoms with E-state index in [0.717, 1.165) is 16.5 Å².